The fraction of sp³-hybridized carbons (Fsp3) is 0.500. The highest BCUT2D eigenvalue weighted by Crippen LogP contribution is 2.34. The zero-order valence-electron chi connectivity index (χ0n) is 10.5. The third kappa shape index (κ3) is 3.53. The van der Waals surface area contributed by atoms with Crippen LogP contribution in [0.5, 0.6) is 0 Å². The van der Waals surface area contributed by atoms with E-state index in [0.717, 1.165) is 24.8 Å². The molecule has 102 valence electrons. The molecule has 1 saturated carbocycles. The first-order valence-corrected chi connectivity index (χ1v) is 6.85. The fourth-order valence-corrected chi connectivity index (χ4v) is 2.90. The van der Waals surface area contributed by atoms with Crippen molar-refractivity contribution in [1.29, 1.82) is 0 Å². The molecule has 1 aromatic rings. The highest BCUT2D eigenvalue weighted by molar-refractivity contribution is 6.30. The Labute approximate surface area is 116 Å². The van der Waals surface area contributed by atoms with Gasteiger partial charge in [0.05, 0.1) is 5.92 Å². The molecule has 1 aromatic carbocycles. The van der Waals surface area contributed by atoms with Crippen molar-refractivity contribution in [2.45, 2.75) is 31.6 Å². The number of carbonyl (C=O) groups is 1. The second kappa shape index (κ2) is 6.15. The Morgan fingerprint density at radius 2 is 2.00 bits per heavy atom. The van der Waals surface area contributed by atoms with Crippen LogP contribution in [-0.4, -0.2) is 17.3 Å². The summed E-state index contributed by atoms with van der Waals surface area (Å²) >= 11 is 5.84. The van der Waals surface area contributed by atoms with Crippen LogP contribution in [0.15, 0.2) is 24.3 Å². The maximum Gasteiger partial charge on any atom is 0.211 e. The van der Waals surface area contributed by atoms with Crippen LogP contribution in [0.2, 0.25) is 5.02 Å². The molecule has 0 spiro atoms. The molecule has 0 bridgehead atoms. The third-order valence-corrected chi connectivity index (χ3v) is 3.98. The first kappa shape index (κ1) is 14.0. The molecule has 2 atom stereocenters. The smallest absolute Gasteiger partial charge is 0.211 e. The standard InChI is InChI=1S/C14H16ClNO3/c15-11-7-5-10(6-8-11)13(9-16(18)19)12-3-1-2-4-14(12)17/h5-8,12-13H,1-4,9H2/t12?,13-/m0/s1. The van der Waals surface area contributed by atoms with Crippen molar-refractivity contribution in [1.82, 2.24) is 0 Å². The van der Waals surface area contributed by atoms with Gasteiger partial charge in [-0.05, 0) is 30.5 Å². The molecular weight excluding hydrogens is 266 g/mol. The number of ketones is 1. The van der Waals surface area contributed by atoms with Crippen LogP contribution in [0.25, 0.3) is 0 Å². The highest BCUT2D eigenvalue weighted by Gasteiger charge is 2.34. The SMILES string of the molecule is O=C1CCCCC1[C@@H](C[N+](=O)[O-])c1ccc(Cl)cc1. The van der Waals surface area contributed by atoms with Gasteiger partial charge in [0.15, 0.2) is 0 Å². The molecule has 0 saturated heterocycles. The maximum atomic E-state index is 12.0. The van der Waals surface area contributed by atoms with Gasteiger partial charge in [-0.15, -0.1) is 0 Å². The average Bonchev–Trinajstić information content (AvgIpc) is 2.38. The number of hydrogen-bond donors (Lipinski definition) is 0. The van der Waals surface area contributed by atoms with Gasteiger partial charge in [0.25, 0.3) is 0 Å². The van der Waals surface area contributed by atoms with E-state index in [0.29, 0.717) is 11.4 Å². The van der Waals surface area contributed by atoms with Crippen LogP contribution in [-0.2, 0) is 4.79 Å². The molecule has 0 amide bonds. The first-order valence-electron chi connectivity index (χ1n) is 6.48. The van der Waals surface area contributed by atoms with E-state index >= 15 is 0 Å². The summed E-state index contributed by atoms with van der Waals surface area (Å²) in [6.07, 6.45) is 3.17. The van der Waals surface area contributed by atoms with Crippen molar-refractivity contribution in [3.05, 3.63) is 45.0 Å². The summed E-state index contributed by atoms with van der Waals surface area (Å²) in [7, 11) is 0. The number of halogens is 1. The number of hydrogen-bond acceptors (Lipinski definition) is 3. The van der Waals surface area contributed by atoms with E-state index in [4.69, 9.17) is 11.6 Å². The lowest BCUT2D eigenvalue weighted by molar-refractivity contribution is -0.484. The minimum atomic E-state index is -0.333. The van der Waals surface area contributed by atoms with Crippen LogP contribution >= 0.6 is 11.6 Å². The van der Waals surface area contributed by atoms with Crippen molar-refractivity contribution in [2.75, 3.05) is 6.54 Å². The molecule has 0 N–H and O–H groups in total. The molecule has 1 fully saturated rings. The van der Waals surface area contributed by atoms with Gasteiger partial charge in [-0.2, -0.15) is 0 Å². The predicted octanol–water partition coefficient (Wildman–Crippen LogP) is 3.46. The van der Waals surface area contributed by atoms with E-state index in [1.165, 1.54) is 0 Å². The molecule has 2 rings (SSSR count). The second-order valence-electron chi connectivity index (χ2n) is 4.99. The fourth-order valence-electron chi connectivity index (χ4n) is 2.77. The van der Waals surface area contributed by atoms with Gasteiger partial charge in [-0.1, -0.05) is 30.2 Å². The third-order valence-electron chi connectivity index (χ3n) is 3.73. The number of rotatable bonds is 4. The van der Waals surface area contributed by atoms with E-state index in [9.17, 15) is 14.9 Å². The molecule has 0 radical (unpaired) electrons. The topological polar surface area (TPSA) is 60.2 Å². The summed E-state index contributed by atoms with van der Waals surface area (Å²) < 4.78 is 0. The quantitative estimate of drug-likeness (QED) is 0.627. The van der Waals surface area contributed by atoms with E-state index in [2.05, 4.69) is 0 Å². The monoisotopic (exact) mass is 281 g/mol. The Bertz CT molecular complexity index is 472. The number of nitro groups is 1. The van der Waals surface area contributed by atoms with Crippen molar-refractivity contribution in [2.24, 2.45) is 5.92 Å². The van der Waals surface area contributed by atoms with Crippen LogP contribution in [0.3, 0.4) is 0 Å². The Balaban J connectivity index is 2.26. The van der Waals surface area contributed by atoms with E-state index in [1.54, 1.807) is 24.3 Å². The van der Waals surface area contributed by atoms with Crippen molar-refractivity contribution < 1.29 is 9.72 Å². The van der Waals surface area contributed by atoms with E-state index in [1.807, 2.05) is 0 Å². The van der Waals surface area contributed by atoms with Gasteiger partial charge in [0.2, 0.25) is 6.54 Å². The minimum absolute atomic E-state index is 0.160. The van der Waals surface area contributed by atoms with Gasteiger partial charge >= 0.3 is 0 Å². The summed E-state index contributed by atoms with van der Waals surface area (Å²) in [6.45, 7) is -0.196. The number of nitrogens with zero attached hydrogens (tertiary/aromatic N) is 1. The molecular formula is C14H16ClNO3. The van der Waals surface area contributed by atoms with Crippen molar-refractivity contribution in [3.8, 4) is 0 Å². The normalized spacial score (nSPS) is 21.1. The molecule has 0 aromatic heterocycles. The van der Waals surface area contributed by atoms with E-state index < -0.39 is 0 Å². The molecule has 0 heterocycles. The summed E-state index contributed by atoms with van der Waals surface area (Å²) in [5.41, 5.74) is 0.835. The van der Waals surface area contributed by atoms with Gasteiger partial charge in [0.1, 0.15) is 5.78 Å². The van der Waals surface area contributed by atoms with Crippen LogP contribution in [0.4, 0.5) is 0 Å². The van der Waals surface area contributed by atoms with Gasteiger partial charge < -0.3 is 0 Å². The molecule has 0 aliphatic heterocycles. The molecule has 1 unspecified atom stereocenters. The zero-order valence-corrected chi connectivity index (χ0v) is 11.3. The first-order chi connectivity index (χ1) is 9.08. The van der Waals surface area contributed by atoms with Gasteiger partial charge in [0, 0.05) is 22.3 Å². The summed E-state index contributed by atoms with van der Waals surface area (Å²) in [5.74, 6) is -0.395. The number of benzene rings is 1. The van der Waals surface area contributed by atoms with Crippen molar-refractivity contribution in [3.63, 3.8) is 0 Å². The number of Topliss-reactive ketones (excluding diaryl/α,β-unsaturated/α-hetero) is 1. The Morgan fingerprint density at radius 1 is 1.32 bits per heavy atom. The average molecular weight is 282 g/mol. The maximum absolute atomic E-state index is 12.0. The largest absolute Gasteiger partial charge is 0.299 e. The number of carbonyl (C=O) groups excluding carboxylic acids is 1. The summed E-state index contributed by atoms with van der Waals surface area (Å²) in [6, 6.07) is 7.02. The Hall–Kier alpha value is -1.42. The van der Waals surface area contributed by atoms with E-state index in [-0.39, 0.29) is 29.1 Å². The highest BCUT2D eigenvalue weighted by atomic mass is 35.5. The zero-order chi connectivity index (χ0) is 13.8. The minimum Gasteiger partial charge on any atom is -0.299 e. The lowest BCUT2D eigenvalue weighted by atomic mass is 9.76. The van der Waals surface area contributed by atoms with Crippen molar-refractivity contribution >= 4 is 17.4 Å². The molecule has 1 aliphatic carbocycles. The van der Waals surface area contributed by atoms with Crippen LogP contribution in [0, 0.1) is 16.0 Å². The lowest BCUT2D eigenvalue weighted by Crippen LogP contribution is -2.30. The van der Waals surface area contributed by atoms with Gasteiger partial charge in [-0.25, -0.2) is 0 Å². The molecule has 19 heavy (non-hydrogen) atoms. The Kier molecular flexibility index (Phi) is 4.53. The Morgan fingerprint density at radius 3 is 2.58 bits per heavy atom. The lowest BCUT2D eigenvalue weighted by Gasteiger charge is -2.27. The summed E-state index contributed by atoms with van der Waals surface area (Å²) in [5, 5.41) is 11.5. The predicted molar refractivity (Wildman–Crippen MR) is 73.0 cm³/mol. The van der Waals surface area contributed by atoms with Gasteiger partial charge in [-0.3, -0.25) is 14.9 Å². The summed E-state index contributed by atoms with van der Waals surface area (Å²) in [4.78, 5) is 22.5. The molecule has 4 nitrogen and oxygen atoms in total. The van der Waals surface area contributed by atoms with Crippen LogP contribution < -0.4 is 0 Å². The second-order valence-corrected chi connectivity index (χ2v) is 5.43. The molecule has 5 heteroatoms. The van der Waals surface area contributed by atoms with Crippen LogP contribution in [0.1, 0.15) is 37.2 Å². The molecule has 1 aliphatic rings.